The second-order valence-electron chi connectivity index (χ2n) is 6.56. The fourth-order valence-electron chi connectivity index (χ4n) is 3.05. The number of urea groups is 1. The molecule has 1 atom stereocenters. The Kier molecular flexibility index (Phi) is 3.79. The average Bonchev–Trinajstić information content (AvgIpc) is 3.18. The maximum absolute atomic E-state index is 12.6. The van der Waals surface area contributed by atoms with Crippen molar-refractivity contribution in [3.63, 3.8) is 0 Å². The van der Waals surface area contributed by atoms with Gasteiger partial charge in [-0.3, -0.25) is 4.79 Å². The second kappa shape index (κ2) is 6.01. The number of benzene rings is 1. The number of carbonyl (C=O) groups excluding carboxylic acids is 2. The number of pyridine rings is 1. The number of imide groups is 1. The molecule has 1 fully saturated rings. The number of anilines is 1. The molecule has 2 aliphatic heterocycles. The van der Waals surface area contributed by atoms with E-state index < -0.39 is 11.6 Å². The Labute approximate surface area is 150 Å². The van der Waals surface area contributed by atoms with Crippen LogP contribution in [0.1, 0.15) is 25.8 Å². The van der Waals surface area contributed by atoms with E-state index in [0.29, 0.717) is 24.7 Å². The zero-order valence-corrected chi connectivity index (χ0v) is 14.6. The van der Waals surface area contributed by atoms with E-state index in [2.05, 4.69) is 10.3 Å². The van der Waals surface area contributed by atoms with Crippen LogP contribution < -0.4 is 19.7 Å². The van der Waals surface area contributed by atoms with Crippen LogP contribution in [0.4, 0.5) is 10.6 Å². The number of ether oxygens (including phenoxy) is 2. The number of nitrogens with one attached hydrogen (secondary N) is 1. The molecule has 0 unspecified atom stereocenters. The zero-order valence-electron chi connectivity index (χ0n) is 14.6. The quantitative estimate of drug-likeness (QED) is 0.855. The lowest BCUT2D eigenvalue weighted by Gasteiger charge is -2.19. The Bertz CT molecular complexity index is 898. The number of aromatic nitrogens is 1. The van der Waals surface area contributed by atoms with Gasteiger partial charge < -0.3 is 14.8 Å². The highest BCUT2D eigenvalue weighted by atomic mass is 16.5. The third-order valence-corrected chi connectivity index (χ3v) is 4.80. The molecule has 1 aromatic heterocycles. The van der Waals surface area contributed by atoms with E-state index in [4.69, 9.17) is 9.47 Å². The number of rotatable bonds is 4. The minimum absolute atomic E-state index is 0.236. The van der Waals surface area contributed by atoms with Gasteiger partial charge in [-0.1, -0.05) is 19.1 Å². The summed E-state index contributed by atoms with van der Waals surface area (Å²) in [5.74, 6) is 1.61. The molecule has 3 heterocycles. The molecule has 26 heavy (non-hydrogen) atoms. The van der Waals surface area contributed by atoms with Gasteiger partial charge in [0.05, 0.1) is 6.61 Å². The maximum Gasteiger partial charge on any atom is 0.330 e. The first kappa shape index (κ1) is 16.4. The summed E-state index contributed by atoms with van der Waals surface area (Å²) in [4.78, 5) is 30.2. The topological polar surface area (TPSA) is 80.8 Å². The van der Waals surface area contributed by atoms with Crippen molar-refractivity contribution in [2.45, 2.75) is 32.2 Å². The number of fused-ring (bicyclic) bond motifs is 1. The SMILES string of the molecule is CC[C@]1(C)NC(=O)N(c2cccc(Oc3ccc4c(c3)OCC4)n2)C1=O. The van der Waals surface area contributed by atoms with Crippen molar-refractivity contribution in [2.24, 2.45) is 0 Å². The van der Waals surface area contributed by atoms with Crippen LogP contribution in [-0.4, -0.2) is 29.1 Å². The molecular formula is C19H19N3O4. The molecule has 2 aromatic rings. The first-order valence-corrected chi connectivity index (χ1v) is 8.57. The predicted octanol–water partition coefficient (Wildman–Crippen LogP) is 3.03. The van der Waals surface area contributed by atoms with E-state index >= 15 is 0 Å². The van der Waals surface area contributed by atoms with E-state index in [9.17, 15) is 9.59 Å². The van der Waals surface area contributed by atoms with Gasteiger partial charge in [0.15, 0.2) is 0 Å². The Morgan fingerprint density at radius 3 is 2.92 bits per heavy atom. The van der Waals surface area contributed by atoms with E-state index in [0.717, 1.165) is 22.6 Å². The van der Waals surface area contributed by atoms with Crippen molar-refractivity contribution in [1.82, 2.24) is 10.3 Å². The Morgan fingerprint density at radius 2 is 2.15 bits per heavy atom. The molecule has 1 aromatic carbocycles. The molecule has 7 nitrogen and oxygen atoms in total. The third-order valence-electron chi connectivity index (χ3n) is 4.80. The van der Waals surface area contributed by atoms with E-state index in [1.54, 1.807) is 25.1 Å². The molecule has 4 rings (SSSR count). The maximum atomic E-state index is 12.6. The van der Waals surface area contributed by atoms with Crippen LogP contribution in [0.2, 0.25) is 0 Å². The number of amides is 3. The average molecular weight is 353 g/mol. The zero-order chi connectivity index (χ0) is 18.3. The highest BCUT2D eigenvalue weighted by Gasteiger charge is 2.47. The largest absolute Gasteiger partial charge is 0.493 e. The van der Waals surface area contributed by atoms with Gasteiger partial charge in [-0.25, -0.2) is 9.69 Å². The lowest BCUT2D eigenvalue weighted by atomic mass is 9.99. The van der Waals surface area contributed by atoms with Gasteiger partial charge in [0.1, 0.15) is 22.9 Å². The fraction of sp³-hybridized carbons (Fsp3) is 0.316. The van der Waals surface area contributed by atoms with E-state index in [1.165, 1.54) is 0 Å². The first-order chi connectivity index (χ1) is 12.5. The highest BCUT2D eigenvalue weighted by molar-refractivity contribution is 6.22. The lowest BCUT2D eigenvalue weighted by molar-refractivity contribution is -0.121. The predicted molar refractivity (Wildman–Crippen MR) is 94.7 cm³/mol. The van der Waals surface area contributed by atoms with Crippen molar-refractivity contribution >= 4 is 17.8 Å². The van der Waals surface area contributed by atoms with Crippen molar-refractivity contribution in [3.8, 4) is 17.4 Å². The van der Waals surface area contributed by atoms with Crippen LogP contribution in [0.5, 0.6) is 17.4 Å². The van der Waals surface area contributed by atoms with Crippen LogP contribution in [0, 0.1) is 0 Å². The van der Waals surface area contributed by atoms with Gasteiger partial charge in [-0.15, -0.1) is 0 Å². The number of hydrogen-bond acceptors (Lipinski definition) is 5. The summed E-state index contributed by atoms with van der Waals surface area (Å²) in [6.45, 7) is 4.23. The van der Waals surface area contributed by atoms with Gasteiger partial charge in [-0.05, 0) is 31.0 Å². The van der Waals surface area contributed by atoms with Crippen LogP contribution in [-0.2, 0) is 11.2 Å². The Morgan fingerprint density at radius 1 is 1.31 bits per heavy atom. The number of nitrogens with zero attached hydrogens (tertiary/aromatic N) is 2. The van der Waals surface area contributed by atoms with Crippen molar-refractivity contribution < 1.29 is 19.1 Å². The van der Waals surface area contributed by atoms with Gasteiger partial charge in [0, 0.05) is 18.6 Å². The highest BCUT2D eigenvalue weighted by Crippen LogP contribution is 2.32. The van der Waals surface area contributed by atoms with Gasteiger partial charge in [0.25, 0.3) is 5.91 Å². The van der Waals surface area contributed by atoms with E-state index in [1.807, 2.05) is 25.1 Å². The smallest absolute Gasteiger partial charge is 0.330 e. The third kappa shape index (κ3) is 2.65. The molecule has 1 N–H and O–H groups in total. The Hall–Kier alpha value is -3.09. The van der Waals surface area contributed by atoms with Crippen LogP contribution in [0.15, 0.2) is 36.4 Å². The van der Waals surface area contributed by atoms with Crippen LogP contribution >= 0.6 is 0 Å². The molecule has 0 spiro atoms. The van der Waals surface area contributed by atoms with Crippen molar-refractivity contribution in [2.75, 3.05) is 11.5 Å². The summed E-state index contributed by atoms with van der Waals surface area (Å²) in [5, 5.41) is 2.72. The molecule has 0 aliphatic carbocycles. The van der Waals surface area contributed by atoms with Gasteiger partial charge >= 0.3 is 6.03 Å². The molecule has 7 heteroatoms. The standard InChI is InChI=1S/C19H19N3O4/c1-3-19(2)17(23)22(18(24)21-19)15-5-4-6-16(20-15)26-13-8-7-12-9-10-25-14(12)11-13/h4-8,11H,3,9-10H2,1-2H3,(H,21,24)/t19-/m0/s1. The Balaban J connectivity index is 1.59. The summed E-state index contributed by atoms with van der Waals surface area (Å²) in [5.41, 5.74) is 0.240. The monoisotopic (exact) mass is 353 g/mol. The van der Waals surface area contributed by atoms with E-state index in [-0.39, 0.29) is 11.7 Å². The minimum atomic E-state index is -0.910. The van der Waals surface area contributed by atoms with Crippen molar-refractivity contribution in [1.29, 1.82) is 0 Å². The number of carbonyl (C=O) groups is 2. The molecule has 134 valence electrons. The lowest BCUT2D eigenvalue weighted by Crippen LogP contribution is -2.43. The summed E-state index contributed by atoms with van der Waals surface area (Å²) in [6, 6.07) is 10.1. The van der Waals surface area contributed by atoms with Gasteiger partial charge in [-0.2, -0.15) is 4.98 Å². The molecule has 0 radical (unpaired) electrons. The number of hydrogen-bond donors (Lipinski definition) is 1. The molecular weight excluding hydrogens is 334 g/mol. The second-order valence-corrected chi connectivity index (χ2v) is 6.56. The normalized spacial score (nSPS) is 21.4. The van der Waals surface area contributed by atoms with Gasteiger partial charge in [0.2, 0.25) is 5.88 Å². The van der Waals surface area contributed by atoms with Crippen LogP contribution in [0.3, 0.4) is 0 Å². The molecule has 1 saturated heterocycles. The minimum Gasteiger partial charge on any atom is -0.493 e. The molecule has 0 bridgehead atoms. The molecule has 3 amide bonds. The summed E-state index contributed by atoms with van der Waals surface area (Å²) >= 11 is 0. The molecule has 2 aliphatic rings. The summed E-state index contributed by atoms with van der Waals surface area (Å²) in [6.07, 6.45) is 1.39. The fourth-order valence-corrected chi connectivity index (χ4v) is 3.05. The summed E-state index contributed by atoms with van der Waals surface area (Å²) in [7, 11) is 0. The van der Waals surface area contributed by atoms with Crippen molar-refractivity contribution in [3.05, 3.63) is 42.0 Å². The summed E-state index contributed by atoms with van der Waals surface area (Å²) < 4.78 is 11.3. The molecule has 0 saturated carbocycles. The van der Waals surface area contributed by atoms with Crippen LogP contribution in [0.25, 0.3) is 0 Å². The first-order valence-electron chi connectivity index (χ1n) is 8.57.